The van der Waals surface area contributed by atoms with Gasteiger partial charge in [0.25, 0.3) is 0 Å². The first-order chi connectivity index (χ1) is 8.25. The summed E-state index contributed by atoms with van der Waals surface area (Å²) in [6.45, 7) is 9.69. The lowest BCUT2D eigenvalue weighted by atomic mass is 10.3. The molecule has 1 aliphatic rings. The van der Waals surface area contributed by atoms with Gasteiger partial charge >= 0.3 is 0 Å². The molecule has 0 unspecified atom stereocenters. The average Bonchev–Trinajstić information content (AvgIpc) is 2.33. The average molecular weight is 236 g/mol. The van der Waals surface area contributed by atoms with Crippen molar-refractivity contribution in [1.82, 2.24) is 15.1 Å². The molecule has 0 saturated carbocycles. The normalized spacial score (nSPS) is 17.1. The maximum absolute atomic E-state index is 5.31. The van der Waals surface area contributed by atoms with Crippen LogP contribution in [0, 0.1) is 13.8 Å². The number of hydrogen-bond donors (Lipinski definition) is 1. The van der Waals surface area contributed by atoms with E-state index in [1.807, 2.05) is 13.0 Å². The number of anilines is 1. The third-order valence-corrected chi connectivity index (χ3v) is 2.93. The maximum Gasteiger partial charge on any atom is 0.151 e. The molecule has 0 spiro atoms. The van der Waals surface area contributed by atoms with E-state index in [0.29, 0.717) is 0 Å². The SMILES string of the molecule is Cc1cc(C)c(NCCN2CCOCC2)nn1. The van der Waals surface area contributed by atoms with Crippen LogP contribution in [0.1, 0.15) is 11.3 Å². The van der Waals surface area contributed by atoms with Crippen LogP contribution in [0.15, 0.2) is 6.07 Å². The van der Waals surface area contributed by atoms with Crippen LogP contribution in [0.5, 0.6) is 0 Å². The highest BCUT2D eigenvalue weighted by molar-refractivity contribution is 5.42. The fourth-order valence-electron chi connectivity index (χ4n) is 1.95. The van der Waals surface area contributed by atoms with Gasteiger partial charge in [-0.05, 0) is 25.5 Å². The lowest BCUT2D eigenvalue weighted by Gasteiger charge is -2.26. The topological polar surface area (TPSA) is 50.3 Å². The highest BCUT2D eigenvalue weighted by Crippen LogP contribution is 2.09. The van der Waals surface area contributed by atoms with Gasteiger partial charge in [-0.25, -0.2) is 0 Å². The van der Waals surface area contributed by atoms with E-state index in [1.54, 1.807) is 0 Å². The van der Waals surface area contributed by atoms with Gasteiger partial charge in [-0.1, -0.05) is 0 Å². The van der Waals surface area contributed by atoms with Gasteiger partial charge in [0.05, 0.1) is 18.9 Å². The van der Waals surface area contributed by atoms with E-state index < -0.39 is 0 Å². The molecular weight excluding hydrogens is 216 g/mol. The molecule has 1 saturated heterocycles. The van der Waals surface area contributed by atoms with E-state index in [9.17, 15) is 0 Å². The van der Waals surface area contributed by atoms with Gasteiger partial charge < -0.3 is 10.1 Å². The predicted molar refractivity (Wildman–Crippen MR) is 67.3 cm³/mol. The van der Waals surface area contributed by atoms with Crippen molar-refractivity contribution in [3.05, 3.63) is 17.3 Å². The van der Waals surface area contributed by atoms with Crippen LogP contribution in [0.4, 0.5) is 5.82 Å². The Morgan fingerprint density at radius 3 is 2.76 bits per heavy atom. The molecule has 2 heterocycles. The summed E-state index contributed by atoms with van der Waals surface area (Å²) in [4.78, 5) is 2.40. The van der Waals surface area contributed by atoms with Crippen molar-refractivity contribution in [2.45, 2.75) is 13.8 Å². The summed E-state index contributed by atoms with van der Waals surface area (Å²) in [5, 5.41) is 11.5. The number of morpholine rings is 1. The number of rotatable bonds is 4. The number of nitrogens with one attached hydrogen (secondary N) is 1. The van der Waals surface area contributed by atoms with Crippen LogP contribution in [-0.2, 0) is 4.74 Å². The van der Waals surface area contributed by atoms with Gasteiger partial charge in [-0.15, -0.1) is 5.10 Å². The lowest BCUT2D eigenvalue weighted by molar-refractivity contribution is 0.0398. The van der Waals surface area contributed by atoms with Crippen LogP contribution in [0.25, 0.3) is 0 Å². The zero-order valence-electron chi connectivity index (χ0n) is 10.6. The van der Waals surface area contributed by atoms with Gasteiger partial charge in [0.15, 0.2) is 5.82 Å². The number of hydrogen-bond acceptors (Lipinski definition) is 5. The van der Waals surface area contributed by atoms with Crippen molar-refractivity contribution in [2.75, 3.05) is 44.7 Å². The molecule has 0 aliphatic carbocycles. The van der Waals surface area contributed by atoms with Crippen LogP contribution in [-0.4, -0.2) is 54.5 Å². The molecule has 5 nitrogen and oxygen atoms in total. The number of aromatic nitrogens is 2. The molecule has 0 bridgehead atoms. The third kappa shape index (κ3) is 3.64. The van der Waals surface area contributed by atoms with E-state index in [1.165, 1.54) is 0 Å². The first-order valence-corrected chi connectivity index (χ1v) is 6.10. The molecule has 1 aromatic heterocycles. The Labute approximate surface area is 102 Å². The second kappa shape index (κ2) is 5.93. The Morgan fingerprint density at radius 1 is 1.29 bits per heavy atom. The second-order valence-corrected chi connectivity index (χ2v) is 4.40. The smallest absolute Gasteiger partial charge is 0.151 e. The van der Waals surface area contributed by atoms with E-state index in [0.717, 1.165) is 56.5 Å². The second-order valence-electron chi connectivity index (χ2n) is 4.40. The van der Waals surface area contributed by atoms with E-state index in [-0.39, 0.29) is 0 Å². The van der Waals surface area contributed by atoms with E-state index >= 15 is 0 Å². The minimum absolute atomic E-state index is 0.851. The van der Waals surface area contributed by atoms with Crippen molar-refractivity contribution in [2.24, 2.45) is 0 Å². The molecular formula is C12H20N4O. The summed E-state index contributed by atoms with van der Waals surface area (Å²) in [7, 11) is 0. The molecule has 5 heteroatoms. The van der Waals surface area contributed by atoms with Crippen molar-refractivity contribution >= 4 is 5.82 Å². The Kier molecular flexibility index (Phi) is 4.28. The molecule has 94 valence electrons. The van der Waals surface area contributed by atoms with Crippen molar-refractivity contribution in [1.29, 1.82) is 0 Å². The van der Waals surface area contributed by atoms with Gasteiger partial charge in [-0.3, -0.25) is 4.90 Å². The lowest BCUT2D eigenvalue weighted by Crippen LogP contribution is -2.39. The van der Waals surface area contributed by atoms with Crippen LogP contribution in [0.3, 0.4) is 0 Å². The molecule has 1 aliphatic heterocycles. The first kappa shape index (κ1) is 12.3. The van der Waals surface area contributed by atoms with E-state index in [4.69, 9.17) is 4.74 Å². The minimum Gasteiger partial charge on any atom is -0.379 e. The first-order valence-electron chi connectivity index (χ1n) is 6.10. The summed E-state index contributed by atoms with van der Waals surface area (Å²) >= 11 is 0. The number of ether oxygens (including phenoxy) is 1. The molecule has 1 aromatic rings. The van der Waals surface area contributed by atoms with Gasteiger partial charge in [0, 0.05) is 26.2 Å². The Balaban J connectivity index is 1.77. The van der Waals surface area contributed by atoms with Gasteiger partial charge in [0.2, 0.25) is 0 Å². The van der Waals surface area contributed by atoms with Crippen molar-refractivity contribution in [3.63, 3.8) is 0 Å². The van der Waals surface area contributed by atoms with Gasteiger partial charge in [0.1, 0.15) is 0 Å². The fraction of sp³-hybridized carbons (Fsp3) is 0.667. The Bertz CT molecular complexity index is 364. The highest BCUT2D eigenvalue weighted by atomic mass is 16.5. The molecule has 0 radical (unpaired) electrons. The third-order valence-electron chi connectivity index (χ3n) is 2.93. The molecule has 0 aromatic carbocycles. The van der Waals surface area contributed by atoms with Crippen LogP contribution >= 0.6 is 0 Å². The summed E-state index contributed by atoms with van der Waals surface area (Å²) in [5.74, 6) is 0.892. The maximum atomic E-state index is 5.31. The number of nitrogens with zero attached hydrogens (tertiary/aromatic N) is 3. The summed E-state index contributed by atoms with van der Waals surface area (Å²) in [6.07, 6.45) is 0. The Morgan fingerprint density at radius 2 is 2.06 bits per heavy atom. The molecule has 1 N–H and O–H groups in total. The summed E-state index contributed by atoms with van der Waals surface area (Å²) in [6, 6.07) is 2.05. The minimum atomic E-state index is 0.851. The van der Waals surface area contributed by atoms with Crippen LogP contribution in [0.2, 0.25) is 0 Å². The molecule has 0 amide bonds. The van der Waals surface area contributed by atoms with Crippen molar-refractivity contribution in [3.8, 4) is 0 Å². The number of aryl methyl sites for hydroxylation is 2. The van der Waals surface area contributed by atoms with E-state index in [2.05, 4.69) is 27.3 Å². The molecule has 1 fully saturated rings. The standard InChI is InChI=1S/C12H20N4O/c1-10-9-11(2)14-15-12(10)13-3-4-16-5-7-17-8-6-16/h9H,3-8H2,1-2H3,(H,13,15). The predicted octanol–water partition coefficient (Wildman–Crippen LogP) is 0.838. The quantitative estimate of drug-likeness (QED) is 0.839. The van der Waals surface area contributed by atoms with Crippen molar-refractivity contribution < 1.29 is 4.74 Å². The molecule has 2 rings (SSSR count). The summed E-state index contributed by atoms with van der Waals surface area (Å²) in [5.41, 5.74) is 2.11. The Hall–Kier alpha value is -1.20. The highest BCUT2D eigenvalue weighted by Gasteiger charge is 2.09. The largest absolute Gasteiger partial charge is 0.379 e. The zero-order chi connectivity index (χ0) is 12.1. The van der Waals surface area contributed by atoms with Crippen LogP contribution < -0.4 is 5.32 Å². The molecule has 17 heavy (non-hydrogen) atoms. The fourth-order valence-corrected chi connectivity index (χ4v) is 1.95. The summed E-state index contributed by atoms with van der Waals surface area (Å²) < 4.78 is 5.31. The monoisotopic (exact) mass is 236 g/mol. The molecule has 0 atom stereocenters. The van der Waals surface area contributed by atoms with Gasteiger partial charge in [-0.2, -0.15) is 5.10 Å². The zero-order valence-corrected chi connectivity index (χ0v) is 10.6.